The van der Waals surface area contributed by atoms with Gasteiger partial charge in [0, 0.05) is 45.3 Å². The molecule has 272 valence electrons. The Morgan fingerprint density at radius 3 is 1.77 bits per heavy atom. The molecule has 0 unspecified atom stereocenters. The molecule has 9 aromatic rings. The van der Waals surface area contributed by atoms with Crippen LogP contribution in [0.4, 0.5) is 17.1 Å². The predicted molar refractivity (Wildman–Crippen MR) is 242 cm³/mol. The molecule has 0 N–H and O–H groups in total. The standard InChI is InChI=1S/C54H41N3/c1-39(41-25-31-48(32-26-41)57-53-23-8-6-20-50(53)51-21-7-9-24-54(51)57)14-12-15-40(2)45-18-13-19-49(38-45)56(46-33-27-43(28-34-46)42-16-4-3-5-17-42)47-35-29-44(30-36-47)52-22-10-11-37-55-52/h3-38H,1H2,2H3/b14-12-,40-15+. The van der Waals surface area contributed by atoms with Gasteiger partial charge < -0.3 is 9.47 Å². The minimum atomic E-state index is 0.956. The molecule has 3 nitrogen and oxygen atoms in total. The molecule has 0 atom stereocenters. The first kappa shape index (κ1) is 35.2. The Morgan fingerprint density at radius 2 is 1.12 bits per heavy atom. The van der Waals surface area contributed by atoms with Gasteiger partial charge in [0.15, 0.2) is 0 Å². The molecule has 0 aliphatic heterocycles. The number of rotatable bonds is 10. The molecular formula is C54H41N3. The maximum absolute atomic E-state index is 4.56. The topological polar surface area (TPSA) is 21.1 Å². The van der Waals surface area contributed by atoms with Crippen LogP contribution in [0.5, 0.6) is 0 Å². The molecule has 0 bridgehead atoms. The number of fused-ring (bicyclic) bond motifs is 3. The first-order valence-corrected chi connectivity index (χ1v) is 19.3. The molecule has 2 aromatic heterocycles. The molecule has 0 spiro atoms. The van der Waals surface area contributed by atoms with E-state index in [0.29, 0.717) is 0 Å². The van der Waals surface area contributed by atoms with Crippen molar-refractivity contribution in [1.82, 2.24) is 9.55 Å². The highest BCUT2D eigenvalue weighted by Crippen LogP contribution is 2.38. The van der Waals surface area contributed by atoms with Crippen molar-refractivity contribution in [1.29, 1.82) is 0 Å². The summed E-state index contributed by atoms with van der Waals surface area (Å²) in [6, 6.07) is 68.6. The Labute approximate surface area is 334 Å². The molecule has 7 aromatic carbocycles. The number of nitrogens with zero attached hydrogens (tertiary/aromatic N) is 3. The summed E-state index contributed by atoms with van der Waals surface area (Å²) in [6.45, 7) is 6.57. The molecule has 0 saturated carbocycles. The zero-order valence-corrected chi connectivity index (χ0v) is 31.8. The summed E-state index contributed by atoms with van der Waals surface area (Å²) in [5.74, 6) is 0. The van der Waals surface area contributed by atoms with Crippen molar-refractivity contribution in [2.45, 2.75) is 6.92 Å². The van der Waals surface area contributed by atoms with Gasteiger partial charge in [-0.15, -0.1) is 0 Å². The second-order valence-electron chi connectivity index (χ2n) is 14.2. The number of pyridine rings is 1. The van der Waals surface area contributed by atoms with Crippen LogP contribution in [0.25, 0.3) is 61.0 Å². The zero-order chi connectivity index (χ0) is 38.6. The molecule has 0 fully saturated rings. The van der Waals surface area contributed by atoms with E-state index >= 15 is 0 Å². The fourth-order valence-corrected chi connectivity index (χ4v) is 7.61. The van der Waals surface area contributed by atoms with Crippen LogP contribution < -0.4 is 4.90 Å². The molecule has 3 heteroatoms. The Kier molecular flexibility index (Phi) is 9.70. The number of benzene rings is 7. The van der Waals surface area contributed by atoms with Crippen LogP contribution in [-0.4, -0.2) is 9.55 Å². The van der Waals surface area contributed by atoms with E-state index < -0.39 is 0 Å². The molecular weight excluding hydrogens is 691 g/mol. The highest BCUT2D eigenvalue weighted by molar-refractivity contribution is 6.09. The number of hydrogen-bond acceptors (Lipinski definition) is 2. The van der Waals surface area contributed by atoms with E-state index in [1.54, 1.807) is 0 Å². The largest absolute Gasteiger partial charge is 0.310 e. The third kappa shape index (κ3) is 7.23. The highest BCUT2D eigenvalue weighted by Gasteiger charge is 2.15. The number of para-hydroxylation sites is 2. The molecule has 0 radical (unpaired) electrons. The average Bonchev–Trinajstić information content (AvgIpc) is 3.62. The fraction of sp³-hybridized carbons (Fsp3) is 0.0185. The van der Waals surface area contributed by atoms with Crippen LogP contribution >= 0.6 is 0 Å². The fourth-order valence-electron chi connectivity index (χ4n) is 7.61. The lowest BCUT2D eigenvalue weighted by Crippen LogP contribution is -2.10. The summed E-state index contributed by atoms with van der Waals surface area (Å²) in [7, 11) is 0. The minimum Gasteiger partial charge on any atom is -0.310 e. The van der Waals surface area contributed by atoms with Crippen LogP contribution in [0.15, 0.2) is 225 Å². The van der Waals surface area contributed by atoms with Gasteiger partial charge >= 0.3 is 0 Å². The normalized spacial score (nSPS) is 11.7. The zero-order valence-electron chi connectivity index (χ0n) is 31.8. The van der Waals surface area contributed by atoms with E-state index in [9.17, 15) is 0 Å². The van der Waals surface area contributed by atoms with Gasteiger partial charge in [-0.2, -0.15) is 0 Å². The maximum Gasteiger partial charge on any atom is 0.0701 e. The molecule has 0 saturated heterocycles. The van der Waals surface area contributed by atoms with Crippen molar-refractivity contribution in [2.75, 3.05) is 4.90 Å². The molecule has 0 aliphatic rings. The van der Waals surface area contributed by atoms with Crippen molar-refractivity contribution in [3.63, 3.8) is 0 Å². The summed E-state index contributed by atoms with van der Waals surface area (Å²) in [5.41, 5.74) is 15.6. The lowest BCUT2D eigenvalue weighted by molar-refractivity contribution is 1.18. The van der Waals surface area contributed by atoms with Crippen LogP contribution in [0.3, 0.4) is 0 Å². The predicted octanol–water partition coefficient (Wildman–Crippen LogP) is 14.7. The highest BCUT2D eigenvalue weighted by atomic mass is 15.1. The van der Waals surface area contributed by atoms with E-state index in [2.05, 4.69) is 222 Å². The first-order chi connectivity index (χ1) is 28.1. The van der Waals surface area contributed by atoms with Crippen LogP contribution in [-0.2, 0) is 0 Å². The monoisotopic (exact) mass is 731 g/mol. The maximum atomic E-state index is 4.56. The number of anilines is 3. The number of allylic oxidation sites excluding steroid dienone is 5. The Bertz CT molecular complexity index is 2740. The van der Waals surface area contributed by atoms with Gasteiger partial charge in [-0.05, 0) is 113 Å². The first-order valence-electron chi connectivity index (χ1n) is 19.3. The molecule has 57 heavy (non-hydrogen) atoms. The summed E-state index contributed by atoms with van der Waals surface area (Å²) in [4.78, 5) is 6.88. The van der Waals surface area contributed by atoms with Gasteiger partial charge in [0.1, 0.15) is 0 Å². The number of aromatic nitrogens is 2. The quantitative estimate of drug-likeness (QED) is 0.131. The van der Waals surface area contributed by atoms with E-state index in [1.165, 1.54) is 32.9 Å². The minimum absolute atomic E-state index is 0.956. The second kappa shape index (κ2) is 15.7. The lowest BCUT2D eigenvalue weighted by atomic mass is 10.0. The SMILES string of the molecule is C=C(/C=C\C=C(/C)c1cccc(N(c2ccc(-c3ccccc3)cc2)c2ccc(-c3ccccn3)cc2)c1)c1ccc(-n2c3ccccc3c3ccccc32)cc1. The van der Waals surface area contributed by atoms with E-state index in [4.69, 9.17) is 0 Å². The van der Waals surface area contributed by atoms with Gasteiger partial charge in [0.25, 0.3) is 0 Å². The van der Waals surface area contributed by atoms with Crippen molar-refractivity contribution < 1.29 is 0 Å². The van der Waals surface area contributed by atoms with E-state index in [0.717, 1.165) is 56.3 Å². The third-order valence-electron chi connectivity index (χ3n) is 10.6. The van der Waals surface area contributed by atoms with Crippen molar-refractivity contribution in [2.24, 2.45) is 0 Å². The van der Waals surface area contributed by atoms with Gasteiger partial charge in [0.2, 0.25) is 0 Å². The molecule has 2 heterocycles. The van der Waals surface area contributed by atoms with E-state index in [-0.39, 0.29) is 0 Å². The van der Waals surface area contributed by atoms with Crippen LogP contribution in [0, 0.1) is 0 Å². The Hall–Kier alpha value is -7.49. The number of hydrogen-bond donors (Lipinski definition) is 0. The third-order valence-corrected chi connectivity index (χ3v) is 10.6. The molecule has 0 amide bonds. The van der Waals surface area contributed by atoms with Gasteiger partial charge in [-0.1, -0.05) is 146 Å². The van der Waals surface area contributed by atoms with Crippen LogP contribution in [0.1, 0.15) is 18.1 Å². The van der Waals surface area contributed by atoms with Crippen molar-refractivity contribution >= 4 is 50.0 Å². The van der Waals surface area contributed by atoms with Crippen LogP contribution in [0.2, 0.25) is 0 Å². The summed E-state index contributed by atoms with van der Waals surface area (Å²) in [5, 5.41) is 2.52. The van der Waals surface area contributed by atoms with Crippen molar-refractivity contribution in [3.05, 3.63) is 236 Å². The van der Waals surface area contributed by atoms with Gasteiger partial charge in [-0.3, -0.25) is 4.98 Å². The summed E-state index contributed by atoms with van der Waals surface area (Å²) >= 11 is 0. The molecule has 0 aliphatic carbocycles. The average molecular weight is 732 g/mol. The van der Waals surface area contributed by atoms with Gasteiger partial charge in [-0.25, -0.2) is 0 Å². The van der Waals surface area contributed by atoms with Gasteiger partial charge in [0.05, 0.1) is 16.7 Å². The smallest absolute Gasteiger partial charge is 0.0701 e. The molecule has 9 rings (SSSR count). The van der Waals surface area contributed by atoms with E-state index in [1.807, 2.05) is 24.4 Å². The Balaban J connectivity index is 0.973. The second-order valence-corrected chi connectivity index (χ2v) is 14.2. The lowest BCUT2D eigenvalue weighted by Gasteiger charge is -2.26. The summed E-state index contributed by atoms with van der Waals surface area (Å²) in [6.07, 6.45) is 8.19. The summed E-state index contributed by atoms with van der Waals surface area (Å²) < 4.78 is 2.34. The van der Waals surface area contributed by atoms with Crippen molar-refractivity contribution in [3.8, 4) is 28.1 Å². The Morgan fingerprint density at radius 1 is 0.526 bits per heavy atom.